The van der Waals surface area contributed by atoms with Gasteiger partial charge in [-0.25, -0.2) is 0 Å². The highest BCUT2D eigenvalue weighted by Crippen LogP contribution is 2.57. The quantitative estimate of drug-likeness (QED) is 0.937. The van der Waals surface area contributed by atoms with Gasteiger partial charge < -0.3 is 5.11 Å². The van der Waals surface area contributed by atoms with Gasteiger partial charge in [-0.3, -0.25) is 9.69 Å². The number of nitrogens with zero attached hydrogens (tertiary/aromatic N) is 1. The minimum atomic E-state index is -0.588. The van der Waals surface area contributed by atoms with E-state index in [-0.39, 0.29) is 5.78 Å². The van der Waals surface area contributed by atoms with Gasteiger partial charge in [-0.15, -0.1) is 0 Å². The number of rotatable bonds is 3. The molecule has 25 heavy (non-hydrogen) atoms. The molecule has 128 valence electrons. The topological polar surface area (TPSA) is 40.5 Å². The van der Waals surface area contributed by atoms with Crippen molar-refractivity contribution in [2.24, 2.45) is 5.92 Å². The fraction of sp³-hybridized carbons (Fsp3) is 0.318. The molecule has 4 rings (SSSR count). The van der Waals surface area contributed by atoms with Crippen molar-refractivity contribution in [3.63, 3.8) is 0 Å². The van der Waals surface area contributed by atoms with Gasteiger partial charge in [0.15, 0.2) is 5.78 Å². The molecule has 2 aromatic rings. The highest BCUT2D eigenvalue weighted by Gasteiger charge is 2.61. The van der Waals surface area contributed by atoms with Crippen molar-refractivity contribution in [1.82, 2.24) is 4.90 Å². The summed E-state index contributed by atoms with van der Waals surface area (Å²) in [6.07, 6.45) is 0.861. The number of Topliss-reactive ketones (excluding diaryl/α,β-unsaturated/α-hetero) is 1. The molecule has 0 heterocycles. The van der Waals surface area contributed by atoms with Gasteiger partial charge in [-0.05, 0) is 43.6 Å². The van der Waals surface area contributed by atoms with Gasteiger partial charge in [0.2, 0.25) is 0 Å². The summed E-state index contributed by atoms with van der Waals surface area (Å²) < 4.78 is 0. The summed E-state index contributed by atoms with van der Waals surface area (Å²) in [5.41, 5.74) is 3.40. The number of hydrogen-bond donors (Lipinski definition) is 1. The molecule has 2 aliphatic rings. The fourth-order valence-electron chi connectivity index (χ4n) is 4.79. The van der Waals surface area contributed by atoms with Crippen LogP contribution in [0.25, 0.3) is 11.1 Å². The van der Waals surface area contributed by atoms with E-state index >= 15 is 0 Å². The normalized spacial score (nSPS) is 28.7. The molecule has 2 aromatic carbocycles. The van der Waals surface area contributed by atoms with Crippen LogP contribution in [0.15, 0.2) is 60.7 Å². The Hall–Kier alpha value is -2.23. The molecule has 0 amide bonds. The first-order valence-corrected chi connectivity index (χ1v) is 8.82. The number of fused-ring (bicyclic) bond motifs is 1. The Bertz CT molecular complexity index is 826. The predicted molar refractivity (Wildman–Crippen MR) is 99.9 cm³/mol. The summed E-state index contributed by atoms with van der Waals surface area (Å²) in [7, 11) is 4.05. The average Bonchev–Trinajstić information content (AvgIpc) is 3.11. The summed E-state index contributed by atoms with van der Waals surface area (Å²) in [6, 6.07) is 20.0. The Morgan fingerprint density at radius 1 is 0.960 bits per heavy atom. The lowest BCUT2D eigenvalue weighted by Crippen LogP contribution is -2.49. The van der Waals surface area contributed by atoms with Crippen LogP contribution in [0.3, 0.4) is 0 Å². The van der Waals surface area contributed by atoms with Crippen molar-refractivity contribution < 1.29 is 9.90 Å². The van der Waals surface area contributed by atoms with E-state index in [4.69, 9.17) is 0 Å². The zero-order valence-electron chi connectivity index (χ0n) is 14.6. The number of benzene rings is 2. The Kier molecular flexibility index (Phi) is 3.86. The van der Waals surface area contributed by atoms with Crippen LogP contribution in [-0.4, -0.2) is 41.5 Å². The van der Waals surface area contributed by atoms with Gasteiger partial charge >= 0.3 is 0 Å². The van der Waals surface area contributed by atoms with Crippen LogP contribution in [0.5, 0.6) is 0 Å². The van der Waals surface area contributed by atoms with Crippen LogP contribution in [-0.2, 0) is 4.79 Å². The number of carbonyl (C=O) groups excluding carboxylic acids is 1. The number of ketones is 1. The van der Waals surface area contributed by atoms with Gasteiger partial charge in [0.25, 0.3) is 0 Å². The molecule has 0 radical (unpaired) electrons. The fourth-order valence-corrected chi connectivity index (χ4v) is 4.79. The van der Waals surface area contributed by atoms with Crippen molar-refractivity contribution in [2.75, 3.05) is 14.1 Å². The van der Waals surface area contributed by atoms with Crippen LogP contribution in [0.1, 0.15) is 24.0 Å². The molecular formula is C22H23NO2. The van der Waals surface area contributed by atoms with Crippen LogP contribution in [0.2, 0.25) is 0 Å². The maximum atomic E-state index is 13.4. The average molecular weight is 333 g/mol. The van der Waals surface area contributed by atoms with Crippen LogP contribution < -0.4 is 0 Å². The molecule has 0 saturated heterocycles. The van der Waals surface area contributed by atoms with E-state index < -0.39 is 17.6 Å². The zero-order chi connectivity index (χ0) is 17.6. The lowest BCUT2D eigenvalue weighted by atomic mass is 9.80. The van der Waals surface area contributed by atoms with Crippen molar-refractivity contribution in [1.29, 1.82) is 0 Å². The predicted octanol–water partition coefficient (Wildman–Crippen LogP) is 3.25. The molecule has 2 aliphatic carbocycles. The number of hydrogen-bond acceptors (Lipinski definition) is 3. The molecule has 3 heteroatoms. The van der Waals surface area contributed by atoms with Crippen molar-refractivity contribution in [3.05, 3.63) is 71.8 Å². The second-order valence-electron chi connectivity index (χ2n) is 7.25. The number of aliphatic hydroxyl groups excluding tert-OH is 1. The van der Waals surface area contributed by atoms with Crippen molar-refractivity contribution in [2.45, 2.75) is 24.5 Å². The smallest absolute Gasteiger partial charge is 0.171 e. The van der Waals surface area contributed by atoms with Gasteiger partial charge in [0, 0.05) is 5.57 Å². The van der Waals surface area contributed by atoms with Gasteiger partial charge in [-0.1, -0.05) is 60.7 Å². The molecule has 0 aromatic heterocycles. The van der Waals surface area contributed by atoms with E-state index in [9.17, 15) is 9.90 Å². The third-order valence-corrected chi connectivity index (χ3v) is 5.86. The molecule has 1 saturated carbocycles. The standard InChI is InChI=1S/C22H23NO2/c1-23(2)22-14-13-17(24)20(22)21(25)18(15-9-5-3-6-10-15)19(22)16-11-7-4-8-12-16/h3-12,17,20,24H,13-14H2,1-2H3/t17?,20?,22-/m1/s1. The van der Waals surface area contributed by atoms with Crippen molar-refractivity contribution in [3.8, 4) is 0 Å². The largest absolute Gasteiger partial charge is 0.392 e. The number of likely N-dealkylation sites (N-methyl/N-ethyl adjacent to an activating group) is 1. The van der Waals surface area contributed by atoms with E-state index in [0.29, 0.717) is 6.42 Å². The summed E-state index contributed by atoms with van der Waals surface area (Å²) in [4.78, 5) is 15.6. The second-order valence-corrected chi connectivity index (χ2v) is 7.25. The maximum absolute atomic E-state index is 13.4. The molecule has 3 nitrogen and oxygen atoms in total. The number of carbonyl (C=O) groups is 1. The minimum Gasteiger partial charge on any atom is -0.392 e. The summed E-state index contributed by atoms with van der Waals surface area (Å²) in [5.74, 6) is -0.323. The molecular weight excluding hydrogens is 310 g/mol. The number of aliphatic hydroxyl groups is 1. The highest BCUT2D eigenvalue weighted by atomic mass is 16.3. The van der Waals surface area contributed by atoms with E-state index in [1.54, 1.807) is 0 Å². The third kappa shape index (κ3) is 2.23. The molecule has 0 spiro atoms. The van der Waals surface area contributed by atoms with Gasteiger partial charge in [-0.2, -0.15) is 0 Å². The second kappa shape index (κ2) is 5.94. The maximum Gasteiger partial charge on any atom is 0.171 e. The summed E-state index contributed by atoms with van der Waals surface area (Å²) in [5, 5.41) is 10.6. The molecule has 1 N–H and O–H groups in total. The molecule has 0 bridgehead atoms. The lowest BCUT2D eigenvalue weighted by Gasteiger charge is -2.39. The molecule has 0 aliphatic heterocycles. The van der Waals surface area contributed by atoms with E-state index in [2.05, 4.69) is 17.0 Å². The van der Waals surface area contributed by atoms with E-state index in [0.717, 1.165) is 28.7 Å². The van der Waals surface area contributed by atoms with Gasteiger partial charge in [0.1, 0.15) is 0 Å². The molecule has 2 unspecified atom stereocenters. The third-order valence-electron chi connectivity index (χ3n) is 5.86. The van der Waals surface area contributed by atoms with Crippen LogP contribution in [0.4, 0.5) is 0 Å². The minimum absolute atomic E-state index is 0.0729. The first-order chi connectivity index (χ1) is 12.1. The number of allylic oxidation sites excluding steroid dienone is 1. The molecule has 3 atom stereocenters. The SMILES string of the molecule is CN(C)[C@@]12CCC(O)C1C(=O)C(c1ccccc1)=C2c1ccccc1. The first-order valence-electron chi connectivity index (χ1n) is 8.82. The summed E-state index contributed by atoms with van der Waals surface area (Å²) >= 11 is 0. The monoisotopic (exact) mass is 333 g/mol. The van der Waals surface area contributed by atoms with Gasteiger partial charge in [0.05, 0.1) is 17.6 Å². The summed E-state index contributed by atoms with van der Waals surface area (Å²) in [6.45, 7) is 0. The zero-order valence-corrected chi connectivity index (χ0v) is 14.6. The van der Waals surface area contributed by atoms with Crippen LogP contribution >= 0.6 is 0 Å². The Labute approximate surface area is 148 Å². The highest BCUT2D eigenvalue weighted by molar-refractivity contribution is 6.34. The Morgan fingerprint density at radius 3 is 2.08 bits per heavy atom. The molecule has 1 fully saturated rings. The van der Waals surface area contributed by atoms with E-state index in [1.165, 1.54) is 0 Å². The lowest BCUT2D eigenvalue weighted by molar-refractivity contribution is -0.121. The Balaban J connectivity index is 2.05. The van der Waals surface area contributed by atoms with Crippen molar-refractivity contribution >= 4 is 16.9 Å². The van der Waals surface area contributed by atoms with Crippen LogP contribution in [0, 0.1) is 5.92 Å². The Morgan fingerprint density at radius 2 is 1.52 bits per heavy atom. The van der Waals surface area contributed by atoms with E-state index in [1.807, 2.05) is 62.6 Å². The first kappa shape index (κ1) is 16.2.